The normalized spacial score (nSPS) is 15.6. The standard InChI is InChI=1S/C12H20N4O7/c1-5(18)10(14)12(23)16-7(3-9(20)21)11(22)15-6(4-17)2-8(13)19/h4-7,10,18H,2-3,14H2,1H3,(H2,13,19)(H,15,22)(H,16,23)(H,20,21)/t5-,6+,7+,10+/m1/s1. The predicted molar refractivity (Wildman–Crippen MR) is 75.6 cm³/mol. The van der Waals surface area contributed by atoms with Crippen molar-refractivity contribution in [2.24, 2.45) is 11.5 Å². The Morgan fingerprint density at radius 3 is 2.09 bits per heavy atom. The van der Waals surface area contributed by atoms with E-state index in [1.54, 1.807) is 0 Å². The summed E-state index contributed by atoms with van der Waals surface area (Å²) >= 11 is 0. The molecule has 0 aliphatic carbocycles. The van der Waals surface area contributed by atoms with Gasteiger partial charge in [-0.3, -0.25) is 19.2 Å². The molecule has 0 aliphatic rings. The van der Waals surface area contributed by atoms with Crippen LogP contribution in [0.15, 0.2) is 0 Å². The topological polar surface area (TPSA) is 202 Å². The van der Waals surface area contributed by atoms with Crippen LogP contribution < -0.4 is 22.1 Å². The molecular formula is C12H20N4O7. The maximum Gasteiger partial charge on any atom is 0.305 e. The van der Waals surface area contributed by atoms with E-state index >= 15 is 0 Å². The summed E-state index contributed by atoms with van der Waals surface area (Å²) in [6, 6.07) is -4.16. The first-order valence-corrected chi connectivity index (χ1v) is 6.58. The highest BCUT2D eigenvalue weighted by Crippen LogP contribution is 1.98. The van der Waals surface area contributed by atoms with Crippen LogP contribution in [0.2, 0.25) is 0 Å². The number of primary amides is 1. The van der Waals surface area contributed by atoms with Crippen molar-refractivity contribution >= 4 is 30.0 Å². The van der Waals surface area contributed by atoms with Crippen LogP contribution in [-0.4, -0.2) is 64.4 Å². The maximum atomic E-state index is 12.0. The van der Waals surface area contributed by atoms with Gasteiger partial charge in [-0.1, -0.05) is 0 Å². The molecule has 0 bridgehead atoms. The van der Waals surface area contributed by atoms with E-state index in [0.29, 0.717) is 0 Å². The monoisotopic (exact) mass is 332 g/mol. The fourth-order valence-corrected chi connectivity index (χ4v) is 1.50. The number of carboxylic acids is 1. The number of nitrogens with two attached hydrogens (primary N) is 2. The third-order valence-corrected chi connectivity index (χ3v) is 2.75. The molecule has 0 aromatic carbocycles. The van der Waals surface area contributed by atoms with Crippen LogP contribution in [0.1, 0.15) is 19.8 Å². The Morgan fingerprint density at radius 2 is 1.70 bits per heavy atom. The Bertz CT molecular complexity index is 480. The van der Waals surface area contributed by atoms with Gasteiger partial charge in [0.25, 0.3) is 0 Å². The van der Waals surface area contributed by atoms with E-state index in [2.05, 4.69) is 10.6 Å². The largest absolute Gasteiger partial charge is 0.481 e. The summed E-state index contributed by atoms with van der Waals surface area (Å²) in [7, 11) is 0. The van der Waals surface area contributed by atoms with E-state index in [9.17, 15) is 29.1 Å². The zero-order valence-electron chi connectivity index (χ0n) is 12.4. The summed E-state index contributed by atoms with van der Waals surface area (Å²) in [6.07, 6.45) is -2.23. The third-order valence-electron chi connectivity index (χ3n) is 2.75. The Hall–Kier alpha value is -2.53. The molecule has 0 saturated carbocycles. The number of carbonyl (C=O) groups is 5. The lowest BCUT2D eigenvalue weighted by atomic mass is 10.1. The van der Waals surface area contributed by atoms with E-state index in [1.165, 1.54) is 6.92 Å². The molecule has 0 heterocycles. The molecule has 0 aromatic heterocycles. The first-order valence-electron chi connectivity index (χ1n) is 6.58. The van der Waals surface area contributed by atoms with Crippen molar-refractivity contribution < 1.29 is 34.2 Å². The SMILES string of the molecule is C[C@@H](O)[C@H](N)C(=O)N[C@@H](CC(=O)O)C(=O)N[C@H](C=O)CC(N)=O. The van der Waals surface area contributed by atoms with Gasteiger partial charge in [-0.2, -0.15) is 0 Å². The van der Waals surface area contributed by atoms with Gasteiger partial charge in [0.2, 0.25) is 17.7 Å². The minimum absolute atomic E-state index is 0.254. The maximum absolute atomic E-state index is 12.0. The Labute approximate surface area is 131 Å². The minimum Gasteiger partial charge on any atom is -0.481 e. The van der Waals surface area contributed by atoms with E-state index in [-0.39, 0.29) is 6.29 Å². The van der Waals surface area contributed by atoms with Crippen LogP contribution in [0.3, 0.4) is 0 Å². The number of aldehydes is 1. The molecule has 4 atom stereocenters. The molecule has 0 unspecified atom stereocenters. The quantitative estimate of drug-likeness (QED) is 0.218. The highest BCUT2D eigenvalue weighted by Gasteiger charge is 2.29. The van der Waals surface area contributed by atoms with Crippen LogP contribution >= 0.6 is 0 Å². The average molecular weight is 332 g/mol. The van der Waals surface area contributed by atoms with E-state index in [1.807, 2.05) is 0 Å². The van der Waals surface area contributed by atoms with Gasteiger partial charge in [0, 0.05) is 0 Å². The lowest BCUT2D eigenvalue weighted by Crippen LogP contribution is -2.56. The van der Waals surface area contributed by atoms with Crippen molar-refractivity contribution in [2.45, 2.75) is 44.0 Å². The number of carboxylic acid groups (broad SMARTS) is 1. The number of aliphatic carboxylic acids is 1. The first kappa shape index (κ1) is 20.5. The first-order chi connectivity index (χ1) is 10.6. The molecule has 8 N–H and O–H groups in total. The molecule has 0 radical (unpaired) electrons. The lowest BCUT2D eigenvalue weighted by Gasteiger charge is -2.21. The number of nitrogens with one attached hydrogen (secondary N) is 2. The van der Waals surface area contributed by atoms with Crippen LogP contribution in [0.25, 0.3) is 0 Å². The molecule has 3 amide bonds. The van der Waals surface area contributed by atoms with Crippen molar-refractivity contribution in [1.29, 1.82) is 0 Å². The molecule has 0 spiro atoms. The molecule has 11 nitrogen and oxygen atoms in total. The Balaban J connectivity index is 4.97. The van der Waals surface area contributed by atoms with E-state index in [0.717, 1.165) is 0 Å². The number of hydrogen-bond donors (Lipinski definition) is 6. The van der Waals surface area contributed by atoms with Crippen molar-refractivity contribution in [3.8, 4) is 0 Å². The number of aliphatic hydroxyl groups is 1. The number of rotatable bonds is 10. The van der Waals surface area contributed by atoms with Gasteiger partial charge in [0.1, 0.15) is 18.4 Å². The molecule has 130 valence electrons. The second-order valence-corrected chi connectivity index (χ2v) is 4.85. The summed E-state index contributed by atoms with van der Waals surface area (Å²) in [5, 5.41) is 22.1. The zero-order chi connectivity index (χ0) is 18.2. The number of aliphatic hydroxyl groups excluding tert-OH is 1. The third kappa shape index (κ3) is 7.87. The molecule has 0 aliphatic heterocycles. The van der Waals surface area contributed by atoms with Gasteiger partial charge in [-0.05, 0) is 6.92 Å². The summed E-state index contributed by atoms with van der Waals surface area (Å²) in [5.41, 5.74) is 10.3. The van der Waals surface area contributed by atoms with E-state index in [4.69, 9.17) is 16.6 Å². The lowest BCUT2D eigenvalue weighted by molar-refractivity contribution is -0.141. The second kappa shape index (κ2) is 9.48. The fraction of sp³-hybridized carbons (Fsp3) is 0.583. The average Bonchev–Trinajstić information content (AvgIpc) is 2.43. The van der Waals surface area contributed by atoms with Crippen LogP contribution in [-0.2, 0) is 24.0 Å². The molecular weight excluding hydrogens is 312 g/mol. The second-order valence-electron chi connectivity index (χ2n) is 4.85. The molecule has 11 heteroatoms. The molecule has 0 saturated heterocycles. The van der Waals surface area contributed by atoms with Gasteiger partial charge in [0.05, 0.1) is 25.0 Å². The smallest absolute Gasteiger partial charge is 0.305 e. The van der Waals surface area contributed by atoms with Crippen LogP contribution in [0, 0.1) is 0 Å². The van der Waals surface area contributed by atoms with Gasteiger partial charge in [-0.25, -0.2) is 0 Å². The zero-order valence-corrected chi connectivity index (χ0v) is 12.4. The molecule has 0 fully saturated rings. The number of hydrogen-bond acceptors (Lipinski definition) is 7. The Morgan fingerprint density at radius 1 is 1.13 bits per heavy atom. The van der Waals surface area contributed by atoms with Gasteiger partial charge >= 0.3 is 5.97 Å². The Kier molecular flexibility index (Phi) is 8.44. The number of carbonyl (C=O) groups excluding carboxylic acids is 4. The van der Waals surface area contributed by atoms with Gasteiger partial charge < -0.3 is 37.1 Å². The summed E-state index contributed by atoms with van der Waals surface area (Å²) in [6.45, 7) is 1.24. The van der Waals surface area contributed by atoms with Crippen LogP contribution in [0.5, 0.6) is 0 Å². The van der Waals surface area contributed by atoms with Gasteiger partial charge in [-0.15, -0.1) is 0 Å². The molecule has 0 rings (SSSR count). The summed E-state index contributed by atoms with van der Waals surface area (Å²) < 4.78 is 0. The van der Waals surface area contributed by atoms with Crippen molar-refractivity contribution in [1.82, 2.24) is 10.6 Å². The molecule has 0 aromatic rings. The highest BCUT2D eigenvalue weighted by atomic mass is 16.4. The summed E-state index contributed by atoms with van der Waals surface area (Å²) in [5.74, 6) is -4.19. The van der Waals surface area contributed by atoms with Crippen LogP contribution in [0.4, 0.5) is 0 Å². The highest BCUT2D eigenvalue weighted by molar-refractivity contribution is 5.93. The van der Waals surface area contributed by atoms with Crippen molar-refractivity contribution in [2.75, 3.05) is 0 Å². The van der Waals surface area contributed by atoms with E-state index < -0.39 is 60.8 Å². The minimum atomic E-state index is -1.54. The van der Waals surface area contributed by atoms with Gasteiger partial charge in [0.15, 0.2) is 0 Å². The van der Waals surface area contributed by atoms with Crippen molar-refractivity contribution in [3.63, 3.8) is 0 Å². The fourth-order valence-electron chi connectivity index (χ4n) is 1.50. The van der Waals surface area contributed by atoms with Crippen molar-refractivity contribution in [3.05, 3.63) is 0 Å². The predicted octanol–water partition coefficient (Wildman–Crippen LogP) is -3.79. The molecule has 23 heavy (non-hydrogen) atoms. The number of amides is 3. The summed E-state index contributed by atoms with van der Waals surface area (Å²) in [4.78, 5) is 55.9.